The second kappa shape index (κ2) is 3.53. The Bertz CT molecular complexity index is 220. The summed E-state index contributed by atoms with van der Waals surface area (Å²) in [4.78, 5) is 0. The molecule has 1 N–H and O–H groups in total. The molecule has 1 aromatic rings. The summed E-state index contributed by atoms with van der Waals surface area (Å²) in [6, 6.07) is 1.93. The van der Waals surface area contributed by atoms with Gasteiger partial charge < -0.3 is 5.11 Å². The lowest BCUT2D eigenvalue weighted by Crippen LogP contribution is -2.16. The van der Waals surface area contributed by atoms with Crippen molar-refractivity contribution in [3.05, 3.63) is 18.0 Å². The maximum absolute atomic E-state index is 9.29. The van der Waals surface area contributed by atoms with Crippen molar-refractivity contribution in [2.45, 2.75) is 32.9 Å². The summed E-state index contributed by atoms with van der Waals surface area (Å²) in [5.74, 6) is 0. The zero-order valence-electron chi connectivity index (χ0n) is 6.99. The van der Waals surface area contributed by atoms with Crippen molar-refractivity contribution < 1.29 is 5.11 Å². The lowest BCUT2D eigenvalue weighted by molar-refractivity contribution is 0.144. The average molecular weight is 154 g/mol. The van der Waals surface area contributed by atoms with Crippen molar-refractivity contribution in [3.63, 3.8) is 0 Å². The molecule has 0 radical (unpaired) electrons. The van der Waals surface area contributed by atoms with Gasteiger partial charge in [-0.25, -0.2) is 0 Å². The number of rotatable bonds is 3. The van der Waals surface area contributed by atoms with Gasteiger partial charge in [-0.1, -0.05) is 6.92 Å². The molecule has 1 rings (SSSR count). The molecule has 3 nitrogen and oxygen atoms in total. The highest BCUT2D eigenvalue weighted by atomic mass is 16.3. The van der Waals surface area contributed by atoms with Crippen LogP contribution in [-0.2, 0) is 6.54 Å². The van der Waals surface area contributed by atoms with Crippen molar-refractivity contribution >= 4 is 0 Å². The van der Waals surface area contributed by atoms with Crippen LogP contribution in [0, 0.1) is 6.92 Å². The van der Waals surface area contributed by atoms with Gasteiger partial charge in [-0.15, -0.1) is 0 Å². The van der Waals surface area contributed by atoms with E-state index >= 15 is 0 Å². The van der Waals surface area contributed by atoms with E-state index in [9.17, 15) is 5.11 Å². The zero-order valence-corrected chi connectivity index (χ0v) is 6.99. The summed E-state index contributed by atoms with van der Waals surface area (Å²) >= 11 is 0. The van der Waals surface area contributed by atoms with Gasteiger partial charge in [0, 0.05) is 11.9 Å². The molecular weight excluding hydrogens is 140 g/mol. The summed E-state index contributed by atoms with van der Waals surface area (Å²) in [5.41, 5.74) is 1.09. The molecule has 0 saturated carbocycles. The second-order valence-electron chi connectivity index (χ2n) is 2.72. The van der Waals surface area contributed by atoms with Crippen molar-refractivity contribution in [3.8, 4) is 0 Å². The number of aromatic nitrogens is 2. The number of aryl methyl sites for hydroxylation is 1. The Kier molecular flexibility index (Phi) is 2.65. The molecule has 1 atom stereocenters. The first-order chi connectivity index (χ1) is 5.24. The Balaban J connectivity index is 2.56. The summed E-state index contributed by atoms with van der Waals surface area (Å²) in [5, 5.41) is 13.4. The topological polar surface area (TPSA) is 38.0 Å². The minimum absolute atomic E-state index is 0.270. The van der Waals surface area contributed by atoms with E-state index in [2.05, 4.69) is 5.10 Å². The van der Waals surface area contributed by atoms with Crippen LogP contribution in [0.4, 0.5) is 0 Å². The fourth-order valence-electron chi connectivity index (χ4n) is 0.919. The van der Waals surface area contributed by atoms with Crippen LogP contribution in [-0.4, -0.2) is 21.0 Å². The molecule has 0 aliphatic carbocycles. The first-order valence-corrected chi connectivity index (χ1v) is 3.90. The summed E-state index contributed by atoms with van der Waals surface area (Å²) in [7, 11) is 0. The fraction of sp³-hybridized carbons (Fsp3) is 0.625. The summed E-state index contributed by atoms with van der Waals surface area (Å²) in [6.45, 7) is 4.55. The normalized spacial score (nSPS) is 13.4. The average Bonchev–Trinajstić information content (AvgIpc) is 2.37. The highest BCUT2D eigenvalue weighted by Crippen LogP contribution is 1.99. The highest BCUT2D eigenvalue weighted by molar-refractivity contribution is 4.96. The molecule has 0 aliphatic rings. The second-order valence-corrected chi connectivity index (χ2v) is 2.72. The Labute approximate surface area is 66.7 Å². The fourth-order valence-corrected chi connectivity index (χ4v) is 0.919. The van der Waals surface area contributed by atoms with E-state index in [4.69, 9.17) is 0 Å². The molecule has 0 saturated heterocycles. The van der Waals surface area contributed by atoms with E-state index in [1.54, 1.807) is 6.20 Å². The molecule has 0 fully saturated rings. The van der Waals surface area contributed by atoms with E-state index in [-0.39, 0.29) is 6.10 Å². The predicted octanol–water partition coefficient (Wildman–Crippen LogP) is 0.962. The van der Waals surface area contributed by atoms with Crippen LogP contribution < -0.4 is 0 Å². The zero-order chi connectivity index (χ0) is 8.27. The molecular formula is C8H14N2O. The Hall–Kier alpha value is -0.830. The monoisotopic (exact) mass is 154 g/mol. The van der Waals surface area contributed by atoms with Crippen LogP contribution in [0.15, 0.2) is 12.3 Å². The minimum atomic E-state index is -0.270. The third-order valence-corrected chi connectivity index (χ3v) is 1.78. The van der Waals surface area contributed by atoms with Crippen molar-refractivity contribution in [2.24, 2.45) is 0 Å². The molecule has 0 aromatic carbocycles. The first kappa shape index (κ1) is 8.27. The maximum atomic E-state index is 9.29. The molecule has 0 bridgehead atoms. The Morgan fingerprint density at radius 1 is 1.73 bits per heavy atom. The van der Waals surface area contributed by atoms with Crippen LogP contribution in [0.3, 0.4) is 0 Å². The molecule has 0 amide bonds. The smallest absolute Gasteiger partial charge is 0.0733 e. The molecule has 62 valence electrons. The number of hydrogen-bond donors (Lipinski definition) is 1. The molecule has 11 heavy (non-hydrogen) atoms. The van der Waals surface area contributed by atoms with Gasteiger partial charge in [-0.2, -0.15) is 5.10 Å². The predicted molar refractivity (Wildman–Crippen MR) is 43.3 cm³/mol. The van der Waals surface area contributed by atoms with Gasteiger partial charge in [-0.05, 0) is 19.4 Å². The quantitative estimate of drug-likeness (QED) is 0.704. The van der Waals surface area contributed by atoms with Gasteiger partial charge in [0.25, 0.3) is 0 Å². The highest BCUT2D eigenvalue weighted by Gasteiger charge is 2.03. The van der Waals surface area contributed by atoms with Crippen LogP contribution in [0.25, 0.3) is 0 Å². The third-order valence-electron chi connectivity index (χ3n) is 1.78. The van der Waals surface area contributed by atoms with E-state index < -0.39 is 0 Å². The van der Waals surface area contributed by atoms with Gasteiger partial charge in [-0.3, -0.25) is 4.68 Å². The number of aliphatic hydroxyl groups excluding tert-OH is 1. The summed E-state index contributed by atoms with van der Waals surface area (Å²) < 4.78 is 1.81. The van der Waals surface area contributed by atoms with Crippen molar-refractivity contribution in [1.29, 1.82) is 0 Å². The first-order valence-electron chi connectivity index (χ1n) is 3.90. The maximum Gasteiger partial charge on any atom is 0.0733 e. The van der Waals surface area contributed by atoms with Crippen LogP contribution in [0.2, 0.25) is 0 Å². The van der Waals surface area contributed by atoms with Crippen molar-refractivity contribution in [1.82, 2.24) is 9.78 Å². The number of hydrogen-bond acceptors (Lipinski definition) is 2. The van der Waals surface area contributed by atoms with Gasteiger partial charge >= 0.3 is 0 Å². The third kappa shape index (κ3) is 2.05. The number of aliphatic hydroxyl groups is 1. The SMILES string of the molecule is CCC(O)Cn1nccc1C. The van der Waals surface area contributed by atoms with Crippen LogP contribution in [0.1, 0.15) is 19.0 Å². The Morgan fingerprint density at radius 2 is 2.45 bits per heavy atom. The standard InChI is InChI=1S/C8H14N2O/c1-3-8(11)6-10-7(2)4-5-9-10/h4-5,8,11H,3,6H2,1-2H3. The molecule has 1 aromatic heterocycles. The van der Waals surface area contributed by atoms with Crippen molar-refractivity contribution in [2.75, 3.05) is 0 Å². The van der Waals surface area contributed by atoms with Gasteiger partial charge in [0.2, 0.25) is 0 Å². The molecule has 0 aliphatic heterocycles. The lowest BCUT2D eigenvalue weighted by Gasteiger charge is -2.08. The molecule has 1 unspecified atom stereocenters. The lowest BCUT2D eigenvalue weighted by atomic mass is 10.3. The Morgan fingerprint density at radius 3 is 2.91 bits per heavy atom. The molecule has 0 spiro atoms. The van der Waals surface area contributed by atoms with E-state index in [1.807, 2.05) is 24.6 Å². The summed E-state index contributed by atoms with van der Waals surface area (Å²) in [6.07, 6.45) is 2.26. The van der Waals surface area contributed by atoms with E-state index in [1.165, 1.54) is 0 Å². The minimum Gasteiger partial charge on any atom is -0.391 e. The van der Waals surface area contributed by atoms with Gasteiger partial charge in [0.15, 0.2) is 0 Å². The van der Waals surface area contributed by atoms with Gasteiger partial charge in [0.1, 0.15) is 0 Å². The van der Waals surface area contributed by atoms with Gasteiger partial charge in [0.05, 0.1) is 12.6 Å². The van der Waals surface area contributed by atoms with E-state index in [0.29, 0.717) is 6.54 Å². The van der Waals surface area contributed by atoms with Crippen LogP contribution >= 0.6 is 0 Å². The largest absolute Gasteiger partial charge is 0.391 e. The molecule has 3 heteroatoms. The number of nitrogens with zero attached hydrogens (tertiary/aromatic N) is 2. The van der Waals surface area contributed by atoms with Crippen LogP contribution in [0.5, 0.6) is 0 Å². The molecule has 1 heterocycles. The van der Waals surface area contributed by atoms with E-state index in [0.717, 1.165) is 12.1 Å².